The first kappa shape index (κ1) is 68.1. The molecule has 83 heavy (non-hydrogen) atoms. The van der Waals surface area contributed by atoms with Crippen molar-refractivity contribution in [3.63, 3.8) is 0 Å². The molecular formula is C46H78N2O35. The van der Waals surface area contributed by atoms with Gasteiger partial charge in [0.15, 0.2) is 44.0 Å². The summed E-state index contributed by atoms with van der Waals surface area (Å²) in [6, 6.07) is -3.58. The zero-order valence-corrected chi connectivity index (χ0v) is 44.5. The molecule has 7 aliphatic heterocycles. The minimum atomic E-state index is -2.28. The third-order valence-corrected chi connectivity index (χ3v) is 15.3. The van der Waals surface area contributed by atoms with Crippen molar-refractivity contribution in [1.29, 1.82) is 0 Å². The van der Waals surface area contributed by atoms with E-state index in [9.17, 15) is 112 Å². The molecule has 0 unspecified atom stereocenters. The van der Waals surface area contributed by atoms with Crippen LogP contribution in [-0.4, -0.2) is 368 Å². The Labute approximate surface area is 470 Å². The van der Waals surface area contributed by atoms with Gasteiger partial charge in [0.1, 0.15) is 165 Å². The second kappa shape index (κ2) is 29.3. The molecule has 7 heterocycles. The number of aliphatic hydroxyl groups excluding tert-OH is 20. The summed E-state index contributed by atoms with van der Waals surface area (Å²) in [5.41, 5.74) is 0. The first-order valence-electron chi connectivity index (χ1n) is 26.5. The Hall–Kier alpha value is -2.38. The smallest absolute Gasteiger partial charge is 0.217 e. The Morgan fingerprint density at radius 1 is 0.337 bits per heavy atom. The Bertz CT molecular complexity index is 2040. The molecule has 0 aromatic carbocycles. The maximum absolute atomic E-state index is 12.9. The molecule has 482 valence electrons. The van der Waals surface area contributed by atoms with E-state index < -0.39 is 266 Å². The molecule has 22 N–H and O–H groups in total. The lowest BCUT2D eigenvalue weighted by Crippen LogP contribution is -2.70. The fourth-order valence-electron chi connectivity index (χ4n) is 10.5. The molecule has 0 spiro atoms. The molecular weight excluding hydrogens is 1140 g/mol. The van der Waals surface area contributed by atoms with Crippen LogP contribution >= 0.6 is 0 Å². The van der Waals surface area contributed by atoms with Gasteiger partial charge in [0.2, 0.25) is 11.8 Å². The molecule has 0 bridgehead atoms. The predicted octanol–water partition coefficient (Wildman–Crippen LogP) is -15.0. The minimum Gasteiger partial charge on any atom is -0.394 e. The van der Waals surface area contributed by atoms with Crippen molar-refractivity contribution < 1.29 is 173 Å². The average Bonchev–Trinajstić information content (AvgIpc) is 3.59. The number of nitrogens with one attached hydrogen (secondary N) is 2. The van der Waals surface area contributed by atoms with Gasteiger partial charge >= 0.3 is 0 Å². The van der Waals surface area contributed by atoms with Gasteiger partial charge in [-0.05, 0) is 6.92 Å². The lowest BCUT2D eigenvalue weighted by Gasteiger charge is -2.50. The standard InChI is InChI=1S/C46H78N2O35/c1-10-21(55)31(65)39(83-44-34(68)30(64)24(58)15(6-51)77-44)46(73-10)72-9-18-37(26(60)19(40(70)74-18)47-11(2)53)80-41-20(48-12(3)54)27(61)36(16(7-52)78-41)81-45-35(69)38(82-43-33(67)29(63)23(57)14(5-50)76-43)25(59)17(79-45)8-71-42-32(66)28(62)22(56)13(4-49)75-42/h10,13-46,49-52,55-70H,4-9H2,1-3H3,(H,47,53)(H,48,54)/t10-,13+,14+,15+,16+,17+,18+,19+,20+,21+,22+,23+,24-,25+,26+,27+,28-,29-,30-,31+,32-,33-,34+,35-,36+,37+,38-,39-,40+,41-,42-,43+,44+,45-,46+/m0/s1. The van der Waals surface area contributed by atoms with Crippen LogP contribution in [-0.2, 0) is 71.2 Å². The molecule has 37 heteroatoms. The molecule has 0 aromatic rings. The van der Waals surface area contributed by atoms with Crippen LogP contribution < -0.4 is 10.6 Å². The number of hydrogen-bond acceptors (Lipinski definition) is 35. The molecule has 35 atom stereocenters. The first-order valence-corrected chi connectivity index (χ1v) is 26.5. The molecule has 37 nitrogen and oxygen atoms in total. The van der Waals surface area contributed by atoms with E-state index in [1.54, 1.807) is 0 Å². The number of hydrogen-bond donors (Lipinski definition) is 22. The van der Waals surface area contributed by atoms with Crippen LogP contribution in [0, 0.1) is 0 Å². The van der Waals surface area contributed by atoms with Gasteiger partial charge in [-0.2, -0.15) is 0 Å². The van der Waals surface area contributed by atoms with Gasteiger partial charge in [-0.25, -0.2) is 0 Å². The third-order valence-electron chi connectivity index (χ3n) is 15.3. The molecule has 7 saturated heterocycles. The van der Waals surface area contributed by atoms with Gasteiger partial charge < -0.3 is 174 Å². The van der Waals surface area contributed by atoms with Gasteiger partial charge in [0.25, 0.3) is 0 Å². The highest BCUT2D eigenvalue weighted by molar-refractivity contribution is 5.73. The molecule has 7 fully saturated rings. The Morgan fingerprint density at radius 2 is 0.723 bits per heavy atom. The molecule has 7 rings (SSSR count). The lowest BCUT2D eigenvalue weighted by molar-refractivity contribution is -0.385. The number of carbonyl (C=O) groups excluding carboxylic acids is 2. The second-order valence-corrected chi connectivity index (χ2v) is 21.1. The average molecular weight is 1220 g/mol. The maximum atomic E-state index is 12.9. The summed E-state index contributed by atoms with van der Waals surface area (Å²) < 4.78 is 74.9. The van der Waals surface area contributed by atoms with Crippen LogP contribution in [0.3, 0.4) is 0 Å². The highest BCUT2D eigenvalue weighted by Gasteiger charge is 2.58. The summed E-state index contributed by atoms with van der Waals surface area (Å²) in [5.74, 6) is -1.70. The SMILES string of the molecule is CC(=O)N[C@@H]1[C@@H](O)[C@H](O[C@@H]2O[C@H](CO)[C@@H](O[C@@H]3O[C@H](CO[C@H]4O[C@H](CO)[C@@H](O)[C@H](O)[C@@H]4O)[C@@H](O)[C@H](O[C@H]4O[C@H](CO)[C@@H](O)[C@H](O)[C@@H]4O)[C@@H]3O)[C@H](O)[C@H]2NC(C)=O)[C@@H](CO[C@@H]2O[C@@H](C)[C@@H](O)[C@@H](O)[C@@H]2O[C@H]2O[C@H](CO)[C@H](O)[C@H](O)[C@H]2O)O[C@H]1O. The lowest BCUT2D eigenvalue weighted by atomic mass is 9.93. The van der Waals surface area contributed by atoms with E-state index in [1.807, 2.05) is 0 Å². The zero-order chi connectivity index (χ0) is 61.2. The maximum Gasteiger partial charge on any atom is 0.217 e. The fraction of sp³-hybridized carbons (Fsp3) is 0.957. The van der Waals surface area contributed by atoms with Crippen molar-refractivity contribution in [3.05, 3.63) is 0 Å². The Balaban J connectivity index is 1.14. The van der Waals surface area contributed by atoms with Gasteiger partial charge in [-0.15, -0.1) is 0 Å². The number of rotatable bonds is 20. The van der Waals surface area contributed by atoms with E-state index >= 15 is 0 Å². The first-order chi connectivity index (χ1) is 39.2. The highest BCUT2D eigenvalue weighted by Crippen LogP contribution is 2.37. The fourth-order valence-corrected chi connectivity index (χ4v) is 10.5. The zero-order valence-electron chi connectivity index (χ0n) is 44.5. The summed E-state index contributed by atoms with van der Waals surface area (Å²) in [4.78, 5) is 25.2. The van der Waals surface area contributed by atoms with Crippen molar-refractivity contribution in [1.82, 2.24) is 10.6 Å². The highest BCUT2D eigenvalue weighted by atomic mass is 16.8. The second-order valence-electron chi connectivity index (χ2n) is 21.1. The van der Waals surface area contributed by atoms with Crippen LogP contribution in [0.25, 0.3) is 0 Å². The third kappa shape index (κ3) is 14.9. The van der Waals surface area contributed by atoms with Crippen molar-refractivity contribution in [2.45, 2.75) is 236 Å². The largest absolute Gasteiger partial charge is 0.394 e. The molecule has 0 aromatic heterocycles. The Kier molecular flexibility index (Phi) is 24.0. The van der Waals surface area contributed by atoms with Crippen LogP contribution in [0.1, 0.15) is 20.8 Å². The van der Waals surface area contributed by atoms with Gasteiger partial charge in [-0.1, -0.05) is 0 Å². The van der Waals surface area contributed by atoms with Crippen molar-refractivity contribution in [3.8, 4) is 0 Å². The van der Waals surface area contributed by atoms with E-state index in [0.717, 1.165) is 13.8 Å². The number of ether oxygens (including phenoxy) is 13. The molecule has 7 aliphatic rings. The van der Waals surface area contributed by atoms with E-state index in [1.165, 1.54) is 6.92 Å². The van der Waals surface area contributed by atoms with E-state index in [-0.39, 0.29) is 0 Å². The van der Waals surface area contributed by atoms with E-state index in [0.29, 0.717) is 0 Å². The quantitative estimate of drug-likeness (QED) is 0.0538. The topological polar surface area (TPSA) is 583 Å². The summed E-state index contributed by atoms with van der Waals surface area (Å²) >= 11 is 0. The van der Waals surface area contributed by atoms with Crippen molar-refractivity contribution >= 4 is 11.8 Å². The van der Waals surface area contributed by atoms with Crippen LogP contribution in [0.15, 0.2) is 0 Å². The monoisotopic (exact) mass is 1220 g/mol. The summed E-state index contributed by atoms with van der Waals surface area (Å²) in [6.07, 6.45) is -62.7. The molecule has 0 radical (unpaired) electrons. The molecule has 2 amide bonds. The summed E-state index contributed by atoms with van der Waals surface area (Å²) in [5, 5.41) is 220. The van der Waals surface area contributed by atoms with E-state index in [4.69, 9.17) is 61.6 Å². The van der Waals surface area contributed by atoms with Crippen molar-refractivity contribution in [2.75, 3.05) is 39.6 Å². The van der Waals surface area contributed by atoms with E-state index in [2.05, 4.69) is 10.6 Å². The van der Waals surface area contributed by atoms with Crippen LogP contribution in [0.5, 0.6) is 0 Å². The minimum absolute atomic E-state index is 0.806. The normalized spacial score (nSPS) is 50.8. The number of aliphatic hydroxyl groups is 20. The van der Waals surface area contributed by atoms with Gasteiger partial charge in [0, 0.05) is 13.8 Å². The molecule has 0 saturated carbocycles. The predicted molar refractivity (Wildman–Crippen MR) is 254 cm³/mol. The van der Waals surface area contributed by atoms with Crippen LogP contribution in [0.2, 0.25) is 0 Å². The van der Waals surface area contributed by atoms with Crippen molar-refractivity contribution in [2.24, 2.45) is 0 Å². The molecule has 0 aliphatic carbocycles. The number of amides is 2. The van der Waals surface area contributed by atoms with Crippen LogP contribution in [0.4, 0.5) is 0 Å². The van der Waals surface area contributed by atoms with Gasteiger partial charge in [-0.3, -0.25) is 9.59 Å². The summed E-state index contributed by atoms with van der Waals surface area (Å²) in [7, 11) is 0. The summed E-state index contributed by atoms with van der Waals surface area (Å²) in [6.45, 7) is -2.28. The van der Waals surface area contributed by atoms with Gasteiger partial charge in [0.05, 0.1) is 45.7 Å². The Morgan fingerprint density at radius 3 is 1.24 bits per heavy atom. The number of carbonyl (C=O) groups is 2.